The summed E-state index contributed by atoms with van der Waals surface area (Å²) in [4.78, 5) is 2.66. The highest BCUT2D eigenvalue weighted by Gasteiger charge is 2.32. The minimum absolute atomic E-state index is 0.470. The maximum atomic E-state index is 6.39. The number of nitrogens with zero attached hydrogens (tertiary/aromatic N) is 1. The molecule has 1 heterocycles. The van der Waals surface area contributed by atoms with Crippen LogP contribution in [0.5, 0.6) is 0 Å². The van der Waals surface area contributed by atoms with Gasteiger partial charge in [-0.1, -0.05) is 30.2 Å². The van der Waals surface area contributed by atoms with E-state index in [9.17, 15) is 0 Å². The highest BCUT2D eigenvalue weighted by atomic mass is 35.5. The van der Waals surface area contributed by atoms with E-state index in [0.29, 0.717) is 18.0 Å². The average Bonchev–Trinajstić information content (AvgIpc) is 2.65. The molecule has 1 saturated heterocycles. The van der Waals surface area contributed by atoms with Gasteiger partial charge in [0.25, 0.3) is 0 Å². The van der Waals surface area contributed by atoms with Gasteiger partial charge in [0.05, 0.1) is 0 Å². The van der Waals surface area contributed by atoms with E-state index >= 15 is 0 Å². The van der Waals surface area contributed by atoms with E-state index in [1.54, 1.807) is 0 Å². The second-order valence-electron chi connectivity index (χ2n) is 6.60. The van der Waals surface area contributed by atoms with Gasteiger partial charge < -0.3 is 5.32 Å². The molecule has 1 N–H and O–H groups in total. The first-order valence-corrected chi connectivity index (χ1v) is 8.58. The number of halogens is 1. The predicted molar refractivity (Wildman–Crippen MR) is 92.0 cm³/mol. The standard InChI is InChI=1S/C18H29ClN2/c1-13(2)21-10-6-5-7-16(12-20-4)18(21)15-9-8-14(3)17(19)11-15/h8-9,11,13,16,18,20H,5-7,10,12H2,1-4H3. The molecule has 0 radical (unpaired) electrons. The van der Waals surface area contributed by atoms with Crippen molar-refractivity contribution in [3.63, 3.8) is 0 Å². The van der Waals surface area contributed by atoms with Crippen LogP contribution < -0.4 is 5.32 Å². The second-order valence-corrected chi connectivity index (χ2v) is 7.01. The molecule has 2 rings (SSSR count). The van der Waals surface area contributed by atoms with Crippen molar-refractivity contribution in [2.24, 2.45) is 5.92 Å². The molecule has 2 nitrogen and oxygen atoms in total. The Morgan fingerprint density at radius 2 is 2.10 bits per heavy atom. The molecule has 0 saturated carbocycles. The maximum Gasteiger partial charge on any atom is 0.0438 e. The van der Waals surface area contributed by atoms with Crippen LogP contribution in [0.1, 0.15) is 50.3 Å². The van der Waals surface area contributed by atoms with Crippen molar-refractivity contribution in [3.8, 4) is 0 Å². The lowest BCUT2D eigenvalue weighted by Crippen LogP contribution is -2.40. The topological polar surface area (TPSA) is 15.3 Å². The van der Waals surface area contributed by atoms with Crippen molar-refractivity contribution in [3.05, 3.63) is 34.3 Å². The van der Waals surface area contributed by atoms with Crippen molar-refractivity contribution in [1.29, 1.82) is 0 Å². The van der Waals surface area contributed by atoms with Gasteiger partial charge in [0.15, 0.2) is 0 Å². The average molecular weight is 309 g/mol. The van der Waals surface area contributed by atoms with Gasteiger partial charge in [0.2, 0.25) is 0 Å². The predicted octanol–water partition coefficient (Wildman–Crippen LogP) is 4.42. The highest BCUT2D eigenvalue weighted by Crippen LogP contribution is 2.37. The van der Waals surface area contributed by atoms with Crippen LogP contribution in [0.3, 0.4) is 0 Å². The lowest BCUT2D eigenvalue weighted by atomic mass is 9.88. The molecule has 0 amide bonds. The summed E-state index contributed by atoms with van der Waals surface area (Å²) in [5.74, 6) is 0.652. The minimum Gasteiger partial charge on any atom is -0.319 e. The number of benzene rings is 1. The van der Waals surface area contributed by atoms with E-state index < -0.39 is 0 Å². The van der Waals surface area contributed by atoms with Gasteiger partial charge >= 0.3 is 0 Å². The minimum atomic E-state index is 0.470. The second kappa shape index (κ2) is 7.62. The van der Waals surface area contributed by atoms with Gasteiger partial charge in [0.1, 0.15) is 0 Å². The first-order chi connectivity index (χ1) is 10.0. The zero-order chi connectivity index (χ0) is 15.4. The number of nitrogens with one attached hydrogen (secondary N) is 1. The Bertz CT molecular complexity index is 459. The molecule has 1 aliphatic rings. The molecule has 0 spiro atoms. The first-order valence-electron chi connectivity index (χ1n) is 8.21. The zero-order valence-corrected chi connectivity index (χ0v) is 14.6. The molecular formula is C18H29ClN2. The number of aryl methyl sites for hydroxylation is 1. The molecule has 1 aliphatic heterocycles. The van der Waals surface area contributed by atoms with Gasteiger partial charge in [-0.05, 0) is 76.9 Å². The molecular weight excluding hydrogens is 280 g/mol. The smallest absolute Gasteiger partial charge is 0.0438 e. The van der Waals surface area contributed by atoms with Gasteiger partial charge in [-0.3, -0.25) is 4.90 Å². The zero-order valence-electron chi connectivity index (χ0n) is 13.8. The van der Waals surface area contributed by atoms with E-state index in [2.05, 4.69) is 56.2 Å². The van der Waals surface area contributed by atoms with Crippen LogP contribution in [0.2, 0.25) is 5.02 Å². The third-order valence-corrected chi connectivity index (χ3v) is 5.12. The monoisotopic (exact) mass is 308 g/mol. The molecule has 1 fully saturated rings. The molecule has 0 aliphatic carbocycles. The molecule has 2 atom stereocenters. The maximum absolute atomic E-state index is 6.39. The summed E-state index contributed by atoms with van der Waals surface area (Å²) in [5.41, 5.74) is 2.54. The van der Waals surface area contributed by atoms with E-state index in [4.69, 9.17) is 11.6 Å². The van der Waals surface area contributed by atoms with Crippen molar-refractivity contribution in [1.82, 2.24) is 10.2 Å². The fourth-order valence-electron chi connectivity index (χ4n) is 3.58. The van der Waals surface area contributed by atoms with Crippen molar-refractivity contribution >= 4 is 11.6 Å². The molecule has 1 aromatic rings. The summed E-state index contributed by atoms with van der Waals surface area (Å²) >= 11 is 6.39. The van der Waals surface area contributed by atoms with E-state index in [-0.39, 0.29) is 0 Å². The van der Waals surface area contributed by atoms with Crippen LogP contribution >= 0.6 is 11.6 Å². The summed E-state index contributed by atoms with van der Waals surface area (Å²) in [6, 6.07) is 7.66. The van der Waals surface area contributed by atoms with Crippen LogP contribution in [-0.2, 0) is 0 Å². The fraction of sp³-hybridized carbons (Fsp3) is 0.667. The van der Waals surface area contributed by atoms with E-state index in [1.807, 2.05) is 0 Å². The molecule has 118 valence electrons. The summed E-state index contributed by atoms with van der Waals surface area (Å²) < 4.78 is 0. The Morgan fingerprint density at radius 3 is 2.71 bits per heavy atom. The van der Waals surface area contributed by atoms with Crippen LogP contribution in [0, 0.1) is 12.8 Å². The third kappa shape index (κ3) is 4.00. The lowest BCUT2D eigenvalue weighted by Gasteiger charge is -2.38. The Balaban J connectivity index is 2.39. The summed E-state index contributed by atoms with van der Waals surface area (Å²) in [5, 5.41) is 4.28. The Labute approximate surface area is 134 Å². The van der Waals surface area contributed by atoms with Crippen molar-refractivity contribution < 1.29 is 0 Å². The molecule has 21 heavy (non-hydrogen) atoms. The van der Waals surface area contributed by atoms with Crippen LogP contribution in [0.4, 0.5) is 0 Å². The van der Waals surface area contributed by atoms with Crippen molar-refractivity contribution in [2.45, 2.75) is 52.1 Å². The van der Waals surface area contributed by atoms with Crippen molar-refractivity contribution in [2.75, 3.05) is 20.1 Å². The lowest BCUT2D eigenvalue weighted by molar-refractivity contribution is 0.118. The number of hydrogen-bond donors (Lipinski definition) is 1. The van der Waals surface area contributed by atoms with Gasteiger partial charge in [-0.2, -0.15) is 0 Å². The Kier molecular flexibility index (Phi) is 6.09. The molecule has 2 unspecified atom stereocenters. The number of likely N-dealkylation sites (tertiary alicyclic amines) is 1. The SMILES string of the molecule is CNCC1CCCCN(C(C)C)C1c1ccc(C)c(Cl)c1. The van der Waals surface area contributed by atoms with Crippen LogP contribution in [0.25, 0.3) is 0 Å². The Morgan fingerprint density at radius 1 is 1.33 bits per heavy atom. The quantitative estimate of drug-likeness (QED) is 0.886. The van der Waals surface area contributed by atoms with Gasteiger partial charge in [-0.25, -0.2) is 0 Å². The fourth-order valence-corrected chi connectivity index (χ4v) is 3.77. The number of hydrogen-bond acceptors (Lipinski definition) is 2. The summed E-state index contributed by atoms with van der Waals surface area (Å²) in [6.07, 6.45) is 3.92. The van der Waals surface area contributed by atoms with E-state index in [0.717, 1.165) is 17.1 Å². The highest BCUT2D eigenvalue weighted by molar-refractivity contribution is 6.31. The van der Waals surface area contributed by atoms with Gasteiger partial charge in [-0.15, -0.1) is 0 Å². The Hall–Kier alpha value is -0.570. The normalized spacial score (nSPS) is 24.3. The van der Waals surface area contributed by atoms with Gasteiger partial charge in [0, 0.05) is 17.1 Å². The number of rotatable bonds is 4. The van der Waals surface area contributed by atoms with E-state index in [1.165, 1.54) is 31.4 Å². The molecule has 0 aromatic heterocycles. The molecule has 1 aromatic carbocycles. The third-order valence-electron chi connectivity index (χ3n) is 4.71. The summed E-state index contributed by atoms with van der Waals surface area (Å²) in [6.45, 7) is 8.95. The molecule has 0 bridgehead atoms. The summed E-state index contributed by atoms with van der Waals surface area (Å²) in [7, 11) is 2.06. The molecule has 3 heteroatoms. The first kappa shape index (κ1) is 16.8. The van der Waals surface area contributed by atoms with Crippen LogP contribution in [0.15, 0.2) is 18.2 Å². The van der Waals surface area contributed by atoms with Crippen LogP contribution in [-0.4, -0.2) is 31.1 Å². The largest absolute Gasteiger partial charge is 0.319 e.